The second-order valence-corrected chi connectivity index (χ2v) is 2.68. The van der Waals surface area contributed by atoms with Crippen molar-refractivity contribution in [1.82, 2.24) is 5.32 Å². The second kappa shape index (κ2) is 6.64. The lowest BCUT2D eigenvalue weighted by Gasteiger charge is -2.00. The minimum atomic E-state index is -0.912. The third-order valence-electron chi connectivity index (χ3n) is 1.54. The van der Waals surface area contributed by atoms with Crippen LogP contribution in [-0.2, 0) is 9.59 Å². The highest BCUT2D eigenvalue weighted by atomic mass is 16.2. The Kier molecular flexibility index (Phi) is 6.05. The van der Waals surface area contributed by atoms with E-state index in [9.17, 15) is 9.59 Å². The maximum absolute atomic E-state index is 10.6. The van der Waals surface area contributed by atoms with Crippen LogP contribution in [0.25, 0.3) is 0 Å². The summed E-state index contributed by atoms with van der Waals surface area (Å²) in [6.45, 7) is 2.66. The average molecular weight is 172 g/mol. The minimum Gasteiger partial charge on any atom is -0.361 e. The molecule has 4 heteroatoms. The molecule has 0 heterocycles. The Hall–Kier alpha value is -1.06. The van der Waals surface area contributed by atoms with Gasteiger partial charge in [-0.3, -0.25) is 9.59 Å². The van der Waals surface area contributed by atoms with Gasteiger partial charge in [-0.15, -0.1) is 0 Å². The van der Waals surface area contributed by atoms with E-state index in [2.05, 4.69) is 12.2 Å². The summed E-state index contributed by atoms with van der Waals surface area (Å²) < 4.78 is 0. The number of carbonyl (C=O) groups excluding carboxylic acids is 2. The first-order valence-electron chi connectivity index (χ1n) is 4.26. The fourth-order valence-corrected chi connectivity index (χ4v) is 0.841. The number of primary amides is 1. The largest absolute Gasteiger partial charge is 0.361 e. The standard InChI is InChI=1S/C8H16N2O2/c1-2-3-4-5-6-10-8(12)7(9)11/h2-6H2,1H3,(H2,9,11)(H,10,12). The number of nitrogens with two attached hydrogens (primary N) is 1. The third-order valence-corrected chi connectivity index (χ3v) is 1.54. The molecule has 3 N–H and O–H groups in total. The number of rotatable bonds is 5. The molecule has 0 atom stereocenters. The normalized spacial score (nSPS) is 9.42. The van der Waals surface area contributed by atoms with Crippen molar-refractivity contribution in [3.63, 3.8) is 0 Å². The van der Waals surface area contributed by atoms with Gasteiger partial charge in [-0.1, -0.05) is 26.2 Å². The van der Waals surface area contributed by atoms with Crippen LogP contribution in [-0.4, -0.2) is 18.4 Å². The third kappa shape index (κ3) is 5.70. The van der Waals surface area contributed by atoms with Gasteiger partial charge in [0.25, 0.3) is 0 Å². The molecule has 4 nitrogen and oxygen atoms in total. The average Bonchev–Trinajstić information content (AvgIpc) is 2.03. The highest BCUT2D eigenvalue weighted by molar-refractivity contribution is 6.34. The first-order chi connectivity index (χ1) is 5.68. The van der Waals surface area contributed by atoms with Crippen LogP contribution < -0.4 is 11.1 Å². The molecule has 0 bridgehead atoms. The van der Waals surface area contributed by atoms with E-state index in [0.29, 0.717) is 6.54 Å². The Labute approximate surface area is 72.5 Å². The molecule has 0 radical (unpaired) electrons. The molecule has 0 aromatic carbocycles. The van der Waals surface area contributed by atoms with Crippen LogP contribution in [0.2, 0.25) is 0 Å². The molecule has 0 unspecified atom stereocenters. The van der Waals surface area contributed by atoms with E-state index in [0.717, 1.165) is 25.7 Å². The molecule has 0 rings (SSSR count). The Morgan fingerprint density at radius 3 is 2.42 bits per heavy atom. The molecule has 0 aliphatic carbocycles. The smallest absolute Gasteiger partial charge is 0.309 e. The van der Waals surface area contributed by atoms with Crippen LogP contribution >= 0.6 is 0 Å². The quantitative estimate of drug-likeness (QED) is 0.458. The lowest BCUT2D eigenvalue weighted by atomic mass is 10.2. The molecule has 0 fully saturated rings. The molecular formula is C8H16N2O2. The molecule has 0 spiro atoms. The van der Waals surface area contributed by atoms with Crippen molar-refractivity contribution in [3.05, 3.63) is 0 Å². The fourth-order valence-electron chi connectivity index (χ4n) is 0.841. The van der Waals surface area contributed by atoms with Crippen molar-refractivity contribution in [2.24, 2.45) is 5.73 Å². The van der Waals surface area contributed by atoms with Crippen LogP contribution in [0.5, 0.6) is 0 Å². The molecule has 70 valence electrons. The lowest BCUT2D eigenvalue weighted by molar-refractivity contribution is -0.137. The van der Waals surface area contributed by atoms with Gasteiger partial charge in [-0.05, 0) is 6.42 Å². The van der Waals surface area contributed by atoms with E-state index in [1.807, 2.05) is 0 Å². The summed E-state index contributed by atoms with van der Waals surface area (Å²) in [7, 11) is 0. The van der Waals surface area contributed by atoms with Crippen LogP contribution in [0.1, 0.15) is 32.6 Å². The van der Waals surface area contributed by atoms with E-state index in [1.165, 1.54) is 0 Å². The zero-order chi connectivity index (χ0) is 9.40. The molecule has 0 aliphatic heterocycles. The van der Waals surface area contributed by atoms with Gasteiger partial charge in [0.2, 0.25) is 0 Å². The summed E-state index contributed by atoms with van der Waals surface area (Å²) in [6, 6.07) is 0. The van der Waals surface area contributed by atoms with Crippen LogP contribution in [0.4, 0.5) is 0 Å². The number of unbranched alkanes of at least 4 members (excludes halogenated alkanes) is 3. The van der Waals surface area contributed by atoms with Crippen LogP contribution in [0, 0.1) is 0 Å². The predicted molar refractivity (Wildman–Crippen MR) is 46.3 cm³/mol. The van der Waals surface area contributed by atoms with Gasteiger partial charge < -0.3 is 11.1 Å². The Morgan fingerprint density at radius 2 is 1.92 bits per heavy atom. The SMILES string of the molecule is CCCCCCNC(=O)C(N)=O. The van der Waals surface area contributed by atoms with Crippen LogP contribution in [0.3, 0.4) is 0 Å². The van der Waals surface area contributed by atoms with Crippen molar-refractivity contribution in [2.45, 2.75) is 32.6 Å². The van der Waals surface area contributed by atoms with E-state index in [1.54, 1.807) is 0 Å². The molecule has 0 aromatic rings. The van der Waals surface area contributed by atoms with Crippen molar-refractivity contribution in [1.29, 1.82) is 0 Å². The molecule has 12 heavy (non-hydrogen) atoms. The van der Waals surface area contributed by atoms with Gasteiger partial charge in [0, 0.05) is 6.54 Å². The summed E-state index contributed by atoms with van der Waals surface area (Å²) in [5.74, 6) is -1.60. The Bertz CT molecular complexity index is 157. The summed E-state index contributed by atoms with van der Waals surface area (Å²) in [5, 5.41) is 2.43. The zero-order valence-corrected chi connectivity index (χ0v) is 7.43. The topological polar surface area (TPSA) is 72.2 Å². The summed E-state index contributed by atoms with van der Waals surface area (Å²) in [6.07, 6.45) is 4.30. The number of nitrogens with one attached hydrogen (secondary N) is 1. The number of carbonyl (C=O) groups is 2. The molecule has 0 aliphatic rings. The molecule has 0 saturated carbocycles. The van der Waals surface area contributed by atoms with Gasteiger partial charge in [0.05, 0.1) is 0 Å². The number of hydrogen-bond donors (Lipinski definition) is 2. The molecule has 0 saturated heterocycles. The maximum atomic E-state index is 10.6. The Balaban J connectivity index is 3.20. The van der Waals surface area contributed by atoms with Gasteiger partial charge in [0.15, 0.2) is 0 Å². The zero-order valence-electron chi connectivity index (χ0n) is 7.43. The van der Waals surface area contributed by atoms with Gasteiger partial charge >= 0.3 is 11.8 Å². The van der Waals surface area contributed by atoms with E-state index in [-0.39, 0.29) is 0 Å². The molecule has 2 amide bonds. The summed E-state index contributed by atoms with van der Waals surface area (Å²) >= 11 is 0. The lowest BCUT2D eigenvalue weighted by Crippen LogP contribution is -2.36. The minimum absolute atomic E-state index is 0.543. The highest BCUT2D eigenvalue weighted by Crippen LogP contribution is 1.96. The number of hydrogen-bond acceptors (Lipinski definition) is 2. The monoisotopic (exact) mass is 172 g/mol. The van der Waals surface area contributed by atoms with E-state index in [4.69, 9.17) is 5.73 Å². The van der Waals surface area contributed by atoms with E-state index < -0.39 is 11.8 Å². The summed E-state index contributed by atoms with van der Waals surface area (Å²) in [4.78, 5) is 20.8. The maximum Gasteiger partial charge on any atom is 0.309 e. The first kappa shape index (κ1) is 10.9. The van der Waals surface area contributed by atoms with Crippen molar-refractivity contribution in [3.8, 4) is 0 Å². The second-order valence-electron chi connectivity index (χ2n) is 2.68. The molecular weight excluding hydrogens is 156 g/mol. The van der Waals surface area contributed by atoms with Gasteiger partial charge in [-0.2, -0.15) is 0 Å². The fraction of sp³-hybridized carbons (Fsp3) is 0.750. The van der Waals surface area contributed by atoms with E-state index >= 15 is 0 Å². The van der Waals surface area contributed by atoms with Crippen LogP contribution in [0.15, 0.2) is 0 Å². The van der Waals surface area contributed by atoms with Gasteiger partial charge in [-0.25, -0.2) is 0 Å². The predicted octanol–water partition coefficient (Wildman–Crippen LogP) is 0.168. The number of amides is 2. The first-order valence-corrected chi connectivity index (χ1v) is 4.26. The highest BCUT2D eigenvalue weighted by Gasteiger charge is 2.05. The Morgan fingerprint density at radius 1 is 1.25 bits per heavy atom. The van der Waals surface area contributed by atoms with Gasteiger partial charge in [0.1, 0.15) is 0 Å². The summed E-state index contributed by atoms with van der Waals surface area (Å²) in [5.41, 5.74) is 4.73. The van der Waals surface area contributed by atoms with Crippen molar-refractivity contribution >= 4 is 11.8 Å². The van der Waals surface area contributed by atoms with Crippen molar-refractivity contribution < 1.29 is 9.59 Å². The van der Waals surface area contributed by atoms with Crippen molar-refractivity contribution in [2.75, 3.05) is 6.54 Å². The molecule has 0 aromatic heterocycles.